The topological polar surface area (TPSA) is 12.0 Å². The zero-order valence-corrected chi connectivity index (χ0v) is 13.8. The summed E-state index contributed by atoms with van der Waals surface area (Å²) in [6.45, 7) is 7.34. The fourth-order valence-electron chi connectivity index (χ4n) is 3.94. The smallest absolute Gasteiger partial charge is 0.123 e. The largest absolute Gasteiger partial charge is 0.310 e. The van der Waals surface area contributed by atoms with E-state index in [9.17, 15) is 4.39 Å². The number of nitrogens with one attached hydrogen (secondary N) is 1. The van der Waals surface area contributed by atoms with Crippen molar-refractivity contribution in [2.75, 3.05) is 6.54 Å². The third kappa shape index (κ3) is 4.54. The van der Waals surface area contributed by atoms with E-state index < -0.39 is 0 Å². The van der Waals surface area contributed by atoms with Crippen LogP contribution < -0.4 is 5.32 Å². The summed E-state index contributed by atoms with van der Waals surface area (Å²) in [6, 6.07) is 5.80. The molecule has 1 aromatic rings. The lowest BCUT2D eigenvalue weighted by Gasteiger charge is -2.34. The van der Waals surface area contributed by atoms with E-state index in [1.807, 2.05) is 6.92 Å². The lowest BCUT2D eigenvalue weighted by Crippen LogP contribution is -2.31. The highest BCUT2D eigenvalue weighted by atomic mass is 19.1. The number of rotatable bonds is 6. The summed E-state index contributed by atoms with van der Waals surface area (Å²) < 4.78 is 13.7. The van der Waals surface area contributed by atoms with Crippen LogP contribution in [0, 0.1) is 24.6 Å². The second kappa shape index (κ2) is 7.93. The summed E-state index contributed by atoms with van der Waals surface area (Å²) in [4.78, 5) is 0. The third-order valence-electron chi connectivity index (χ3n) is 4.91. The van der Waals surface area contributed by atoms with Crippen LogP contribution >= 0.6 is 0 Å². The molecule has 1 unspecified atom stereocenters. The second-order valence-electron chi connectivity index (χ2n) is 6.67. The average molecular weight is 291 g/mol. The first kappa shape index (κ1) is 16.5. The number of halogens is 1. The molecule has 1 aliphatic rings. The normalized spacial score (nSPS) is 24.0. The van der Waals surface area contributed by atoms with E-state index in [1.165, 1.54) is 38.5 Å². The molecule has 0 heterocycles. The van der Waals surface area contributed by atoms with Crippen LogP contribution in [0.1, 0.15) is 69.5 Å². The van der Waals surface area contributed by atoms with E-state index in [-0.39, 0.29) is 5.82 Å². The SMILES string of the molecule is CCCC1CCC(C(NCC)c2cc(C)cc(F)c2)CC1. The minimum Gasteiger partial charge on any atom is -0.310 e. The maximum Gasteiger partial charge on any atom is 0.123 e. The van der Waals surface area contributed by atoms with Crippen LogP contribution in [0.15, 0.2) is 18.2 Å². The van der Waals surface area contributed by atoms with Crippen molar-refractivity contribution in [2.45, 2.75) is 65.3 Å². The first-order valence-corrected chi connectivity index (χ1v) is 8.64. The fraction of sp³-hybridized carbons (Fsp3) is 0.684. The van der Waals surface area contributed by atoms with Gasteiger partial charge in [0.05, 0.1) is 0 Å². The van der Waals surface area contributed by atoms with E-state index in [4.69, 9.17) is 0 Å². The molecule has 0 amide bonds. The van der Waals surface area contributed by atoms with Crippen molar-refractivity contribution in [1.29, 1.82) is 0 Å². The molecule has 0 aliphatic heterocycles. The Labute approximate surface area is 129 Å². The number of aryl methyl sites for hydroxylation is 1. The number of benzene rings is 1. The van der Waals surface area contributed by atoms with Crippen LogP contribution in [-0.4, -0.2) is 6.54 Å². The van der Waals surface area contributed by atoms with Gasteiger partial charge in [-0.3, -0.25) is 0 Å². The Morgan fingerprint density at radius 3 is 2.43 bits per heavy atom. The zero-order valence-electron chi connectivity index (χ0n) is 13.8. The summed E-state index contributed by atoms with van der Waals surface area (Å²) in [6.07, 6.45) is 7.91. The van der Waals surface area contributed by atoms with Gasteiger partial charge in [-0.05, 0) is 61.4 Å². The standard InChI is InChI=1S/C19H30FN/c1-4-6-15-7-9-16(10-8-15)19(21-5-2)17-11-14(3)12-18(20)13-17/h11-13,15-16,19,21H,4-10H2,1-3H3. The summed E-state index contributed by atoms with van der Waals surface area (Å²) in [5.74, 6) is 1.47. The summed E-state index contributed by atoms with van der Waals surface area (Å²) in [5.41, 5.74) is 2.15. The second-order valence-corrected chi connectivity index (χ2v) is 6.67. The van der Waals surface area contributed by atoms with Gasteiger partial charge in [-0.25, -0.2) is 4.39 Å². The Morgan fingerprint density at radius 2 is 1.86 bits per heavy atom. The van der Waals surface area contributed by atoms with Crippen molar-refractivity contribution in [2.24, 2.45) is 11.8 Å². The fourth-order valence-corrected chi connectivity index (χ4v) is 3.94. The van der Waals surface area contributed by atoms with E-state index in [0.29, 0.717) is 12.0 Å². The Balaban J connectivity index is 2.08. The molecule has 1 saturated carbocycles. The molecule has 1 atom stereocenters. The molecule has 0 saturated heterocycles. The van der Waals surface area contributed by atoms with E-state index >= 15 is 0 Å². The highest BCUT2D eigenvalue weighted by Gasteiger charge is 2.28. The molecule has 2 heteroatoms. The molecule has 1 aromatic carbocycles. The molecule has 0 aromatic heterocycles. The van der Waals surface area contributed by atoms with Crippen molar-refractivity contribution in [3.8, 4) is 0 Å². The van der Waals surface area contributed by atoms with Gasteiger partial charge in [0.1, 0.15) is 5.82 Å². The van der Waals surface area contributed by atoms with Gasteiger partial charge in [0.2, 0.25) is 0 Å². The van der Waals surface area contributed by atoms with Crippen LogP contribution in [0.2, 0.25) is 0 Å². The van der Waals surface area contributed by atoms with Gasteiger partial charge in [0.15, 0.2) is 0 Å². The number of hydrogen-bond acceptors (Lipinski definition) is 1. The molecule has 0 radical (unpaired) electrons. The first-order chi connectivity index (χ1) is 10.1. The van der Waals surface area contributed by atoms with Gasteiger partial charge < -0.3 is 5.32 Å². The van der Waals surface area contributed by atoms with Gasteiger partial charge in [-0.1, -0.05) is 45.6 Å². The van der Waals surface area contributed by atoms with E-state index in [1.54, 1.807) is 12.1 Å². The molecule has 2 rings (SSSR count). The van der Waals surface area contributed by atoms with Gasteiger partial charge >= 0.3 is 0 Å². The van der Waals surface area contributed by atoms with Crippen LogP contribution in [0.5, 0.6) is 0 Å². The zero-order chi connectivity index (χ0) is 15.2. The van der Waals surface area contributed by atoms with Gasteiger partial charge in [0.25, 0.3) is 0 Å². The van der Waals surface area contributed by atoms with Gasteiger partial charge in [-0.15, -0.1) is 0 Å². The van der Waals surface area contributed by atoms with Crippen LogP contribution in [0.4, 0.5) is 4.39 Å². The van der Waals surface area contributed by atoms with Crippen molar-refractivity contribution >= 4 is 0 Å². The lowest BCUT2D eigenvalue weighted by atomic mass is 9.75. The maximum absolute atomic E-state index is 13.7. The van der Waals surface area contributed by atoms with Crippen molar-refractivity contribution in [1.82, 2.24) is 5.32 Å². The highest BCUT2D eigenvalue weighted by molar-refractivity contribution is 5.27. The monoisotopic (exact) mass is 291 g/mol. The Bertz CT molecular complexity index is 415. The van der Waals surface area contributed by atoms with Crippen LogP contribution in [0.25, 0.3) is 0 Å². The van der Waals surface area contributed by atoms with Crippen molar-refractivity contribution < 1.29 is 4.39 Å². The molecular formula is C19H30FN. The molecule has 0 spiro atoms. The molecule has 1 N–H and O–H groups in total. The Hall–Kier alpha value is -0.890. The molecular weight excluding hydrogens is 261 g/mol. The Kier molecular flexibility index (Phi) is 6.22. The van der Waals surface area contributed by atoms with Crippen molar-refractivity contribution in [3.63, 3.8) is 0 Å². The van der Waals surface area contributed by atoms with E-state index in [0.717, 1.165) is 23.6 Å². The highest BCUT2D eigenvalue weighted by Crippen LogP contribution is 2.38. The number of hydrogen-bond donors (Lipinski definition) is 1. The quantitative estimate of drug-likeness (QED) is 0.741. The Morgan fingerprint density at radius 1 is 1.14 bits per heavy atom. The minimum absolute atomic E-state index is 0.104. The molecule has 1 nitrogen and oxygen atoms in total. The van der Waals surface area contributed by atoms with Crippen LogP contribution in [0.3, 0.4) is 0 Å². The summed E-state index contributed by atoms with van der Waals surface area (Å²) in [7, 11) is 0. The van der Waals surface area contributed by atoms with Crippen molar-refractivity contribution in [3.05, 3.63) is 35.1 Å². The third-order valence-corrected chi connectivity index (χ3v) is 4.91. The molecule has 21 heavy (non-hydrogen) atoms. The van der Waals surface area contributed by atoms with Crippen LogP contribution in [-0.2, 0) is 0 Å². The predicted octanol–water partition coefficient (Wildman–Crippen LogP) is 5.39. The molecule has 1 fully saturated rings. The lowest BCUT2D eigenvalue weighted by molar-refractivity contribution is 0.215. The summed E-state index contributed by atoms with van der Waals surface area (Å²) in [5, 5.41) is 3.60. The minimum atomic E-state index is -0.104. The maximum atomic E-state index is 13.7. The molecule has 0 bridgehead atoms. The average Bonchev–Trinajstić information content (AvgIpc) is 2.45. The van der Waals surface area contributed by atoms with Gasteiger partial charge in [-0.2, -0.15) is 0 Å². The van der Waals surface area contributed by atoms with Gasteiger partial charge in [0, 0.05) is 6.04 Å². The van der Waals surface area contributed by atoms with E-state index in [2.05, 4.69) is 25.2 Å². The molecule has 118 valence electrons. The predicted molar refractivity (Wildman–Crippen MR) is 87.9 cm³/mol. The first-order valence-electron chi connectivity index (χ1n) is 8.64. The summed E-state index contributed by atoms with van der Waals surface area (Å²) >= 11 is 0. The molecule has 1 aliphatic carbocycles.